The molecule has 0 aliphatic heterocycles. The molecule has 0 unspecified atom stereocenters. The maximum atomic E-state index is 11.4. The molecule has 5 nitrogen and oxygen atoms in total. The van der Waals surface area contributed by atoms with E-state index in [9.17, 15) is 9.59 Å². The fourth-order valence-electron chi connectivity index (χ4n) is 0.896. The molecule has 6 heteroatoms. The number of carboxylic acids is 1. The van der Waals surface area contributed by atoms with Crippen molar-refractivity contribution >= 4 is 23.8 Å². The standard InChI is InChI=1S/C9H18N2O3S/c1-4-11(2)9(14)10-7(8(12)13)5-6-15-3/h7H,4-6H2,1-3H3,(H,10,14)(H,12,13)/t7-/m1/s1. The summed E-state index contributed by atoms with van der Waals surface area (Å²) < 4.78 is 0. The molecule has 0 saturated heterocycles. The summed E-state index contributed by atoms with van der Waals surface area (Å²) >= 11 is 1.56. The van der Waals surface area contributed by atoms with Crippen LogP contribution < -0.4 is 5.32 Å². The van der Waals surface area contributed by atoms with Crippen molar-refractivity contribution in [3.8, 4) is 0 Å². The smallest absolute Gasteiger partial charge is 0.326 e. The van der Waals surface area contributed by atoms with Gasteiger partial charge in [0.25, 0.3) is 0 Å². The number of thioether (sulfide) groups is 1. The van der Waals surface area contributed by atoms with Gasteiger partial charge in [0.15, 0.2) is 0 Å². The Morgan fingerprint density at radius 3 is 2.53 bits per heavy atom. The van der Waals surface area contributed by atoms with Gasteiger partial charge in [-0.1, -0.05) is 0 Å². The van der Waals surface area contributed by atoms with Gasteiger partial charge < -0.3 is 15.3 Å². The molecule has 0 aromatic carbocycles. The van der Waals surface area contributed by atoms with Gasteiger partial charge >= 0.3 is 12.0 Å². The average molecular weight is 234 g/mol. The van der Waals surface area contributed by atoms with Gasteiger partial charge in [-0.3, -0.25) is 0 Å². The van der Waals surface area contributed by atoms with Crippen molar-refractivity contribution in [2.24, 2.45) is 0 Å². The summed E-state index contributed by atoms with van der Waals surface area (Å²) in [5.41, 5.74) is 0. The van der Waals surface area contributed by atoms with Gasteiger partial charge in [0.05, 0.1) is 0 Å². The Labute approximate surface area is 94.2 Å². The van der Waals surface area contributed by atoms with E-state index in [-0.39, 0.29) is 6.03 Å². The lowest BCUT2D eigenvalue weighted by molar-refractivity contribution is -0.139. The van der Waals surface area contributed by atoms with E-state index >= 15 is 0 Å². The Hall–Kier alpha value is -0.910. The van der Waals surface area contributed by atoms with Crippen molar-refractivity contribution in [2.45, 2.75) is 19.4 Å². The molecule has 1 atom stereocenters. The SMILES string of the molecule is CCN(C)C(=O)N[C@H](CCSC)C(=O)O. The molecule has 0 saturated carbocycles. The predicted octanol–water partition coefficient (Wildman–Crippen LogP) is 0.854. The van der Waals surface area contributed by atoms with Crippen molar-refractivity contribution < 1.29 is 14.7 Å². The molecular formula is C9H18N2O3S. The van der Waals surface area contributed by atoms with E-state index in [1.54, 1.807) is 18.8 Å². The van der Waals surface area contributed by atoms with Crippen LogP contribution >= 0.6 is 11.8 Å². The summed E-state index contributed by atoms with van der Waals surface area (Å²) in [6.45, 7) is 2.39. The first-order valence-corrected chi connectivity index (χ1v) is 6.15. The fraction of sp³-hybridized carbons (Fsp3) is 0.778. The zero-order valence-electron chi connectivity index (χ0n) is 9.32. The summed E-state index contributed by atoms with van der Waals surface area (Å²) in [7, 11) is 1.63. The number of nitrogens with one attached hydrogen (secondary N) is 1. The summed E-state index contributed by atoms with van der Waals surface area (Å²) in [6.07, 6.45) is 2.35. The quantitative estimate of drug-likeness (QED) is 0.715. The second-order valence-corrected chi connectivity index (χ2v) is 4.12. The van der Waals surface area contributed by atoms with Crippen LogP contribution in [0.1, 0.15) is 13.3 Å². The van der Waals surface area contributed by atoms with E-state index in [0.717, 1.165) is 0 Å². The van der Waals surface area contributed by atoms with Crippen LogP contribution in [0.5, 0.6) is 0 Å². The number of urea groups is 1. The van der Waals surface area contributed by atoms with E-state index < -0.39 is 12.0 Å². The summed E-state index contributed by atoms with van der Waals surface area (Å²) in [4.78, 5) is 23.6. The number of hydrogen-bond donors (Lipinski definition) is 2. The lowest BCUT2D eigenvalue weighted by atomic mass is 10.2. The molecule has 2 amide bonds. The van der Waals surface area contributed by atoms with Crippen LogP contribution in [-0.2, 0) is 4.79 Å². The third-order valence-electron chi connectivity index (χ3n) is 2.03. The number of rotatable bonds is 6. The van der Waals surface area contributed by atoms with Crippen molar-refractivity contribution in [3.05, 3.63) is 0 Å². The minimum atomic E-state index is -0.984. The molecule has 0 aromatic heterocycles. The summed E-state index contributed by atoms with van der Waals surface area (Å²) in [5.74, 6) is -0.269. The van der Waals surface area contributed by atoms with Crippen LogP contribution in [-0.4, -0.2) is 53.6 Å². The zero-order valence-corrected chi connectivity index (χ0v) is 10.1. The van der Waals surface area contributed by atoms with Crippen LogP contribution in [0.4, 0.5) is 4.79 Å². The zero-order chi connectivity index (χ0) is 11.8. The maximum Gasteiger partial charge on any atom is 0.326 e. The predicted molar refractivity (Wildman–Crippen MR) is 61.3 cm³/mol. The third-order valence-corrected chi connectivity index (χ3v) is 2.67. The second kappa shape index (κ2) is 7.39. The maximum absolute atomic E-state index is 11.4. The average Bonchev–Trinajstić information content (AvgIpc) is 2.22. The highest BCUT2D eigenvalue weighted by atomic mass is 32.2. The van der Waals surface area contributed by atoms with Gasteiger partial charge in [0.2, 0.25) is 0 Å². The number of hydrogen-bond acceptors (Lipinski definition) is 3. The third kappa shape index (κ3) is 5.51. The molecule has 0 aliphatic rings. The highest BCUT2D eigenvalue weighted by Gasteiger charge is 2.20. The molecule has 15 heavy (non-hydrogen) atoms. The molecule has 2 N–H and O–H groups in total. The van der Waals surface area contributed by atoms with Crippen molar-refractivity contribution in [2.75, 3.05) is 25.6 Å². The molecule has 0 heterocycles. The number of aliphatic carboxylic acids is 1. The summed E-state index contributed by atoms with van der Waals surface area (Å²) in [5, 5.41) is 11.3. The first-order chi connectivity index (χ1) is 7.02. The number of carboxylic acid groups (broad SMARTS) is 1. The number of amides is 2. The van der Waals surface area contributed by atoms with Crippen LogP contribution in [0.25, 0.3) is 0 Å². The van der Waals surface area contributed by atoms with E-state index in [1.165, 1.54) is 4.90 Å². The Kier molecular flexibility index (Phi) is 6.94. The fourth-order valence-corrected chi connectivity index (χ4v) is 1.37. The molecule has 0 aromatic rings. The van der Waals surface area contributed by atoms with Gasteiger partial charge in [-0.05, 0) is 25.4 Å². The van der Waals surface area contributed by atoms with Crippen LogP contribution in [0.2, 0.25) is 0 Å². The highest BCUT2D eigenvalue weighted by Crippen LogP contribution is 2.01. The Balaban J connectivity index is 4.16. The van der Waals surface area contributed by atoms with E-state index in [4.69, 9.17) is 5.11 Å². The molecule has 0 aliphatic carbocycles. The largest absolute Gasteiger partial charge is 0.480 e. The lowest BCUT2D eigenvalue weighted by Crippen LogP contribution is -2.46. The monoisotopic (exact) mass is 234 g/mol. The number of carbonyl (C=O) groups excluding carboxylic acids is 1. The van der Waals surface area contributed by atoms with E-state index in [1.807, 2.05) is 13.2 Å². The molecule has 0 rings (SSSR count). The minimum absolute atomic E-state index is 0.342. The van der Waals surface area contributed by atoms with Crippen LogP contribution in [0, 0.1) is 0 Å². The minimum Gasteiger partial charge on any atom is -0.480 e. The highest BCUT2D eigenvalue weighted by molar-refractivity contribution is 7.98. The topological polar surface area (TPSA) is 69.6 Å². The molecule has 0 radical (unpaired) electrons. The molecular weight excluding hydrogens is 216 g/mol. The molecule has 0 spiro atoms. The van der Waals surface area contributed by atoms with Gasteiger partial charge in [0.1, 0.15) is 6.04 Å². The Bertz CT molecular complexity index is 223. The van der Waals surface area contributed by atoms with Crippen LogP contribution in [0.3, 0.4) is 0 Å². The van der Waals surface area contributed by atoms with Crippen LogP contribution in [0.15, 0.2) is 0 Å². The number of carbonyl (C=O) groups is 2. The van der Waals surface area contributed by atoms with E-state index in [0.29, 0.717) is 18.7 Å². The molecule has 88 valence electrons. The van der Waals surface area contributed by atoms with Crippen molar-refractivity contribution in [3.63, 3.8) is 0 Å². The second-order valence-electron chi connectivity index (χ2n) is 3.14. The first kappa shape index (κ1) is 14.1. The Morgan fingerprint density at radius 2 is 2.13 bits per heavy atom. The normalized spacial score (nSPS) is 11.9. The van der Waals surface area contributed by atoms with Gasteiger partial charge in [-0.25, -0.2) is 9.59 Å². The first-order valence-electron chi connectivity index (χ1n) is 4.76. The Morgan fingerprint density at radius 1 is 1.53 bits per heavy atom. The van der Waals surface area contributed by atoms with Crippen molar-refractivity contribution in [1.29, 1.82) is 0 Å². The van der Waals surface area contributed by atoms with E-state index in [2.05, 4.69) is 5.32 Å². The molecule has 0 fully saturated rings. The van der Waals surface area contributed by atoms with Gasteiger partial charge in [-0.2, -0.15) is 11.8 Å². The summed E-state index contributed by atoms with van der Waals surface area (Å²) in [6, 6.07) is -1.13. The van der Waals surface area contributed by atoms with Crippen molar-refractivity contribution in [1.82, 2.24) is 10.2 Å². The lowest BCUT2D eigenvalue weighted by Gasteiger charge is -2.19. The van der Waals surface area contributed by atoms with Gasteiger partial charge in [-0.15, -0.1) is 0 Å². The molecule has 0 bridgehead atoms. The van der Waals surface area contributed by atoms with Gasteiger partial charge in [0, 0.05) is 13.6 Å². The number of nitrogens with zero attached hydrogens (tertiary/aromatic N) is 1.